The molecular weight excluding hydrogens is 211 g/mol. The Morgan fingerprint density at radius 2 is 2.00 bits per heavy atom. The van der Waals surface area contributed by atoms with E-state index in [4.69, 9.17) is 9.84 Å². The second-order valence-corrected chi connectivity index (χ2v) is 3.85. The molecule has 16 heavy (non-hydrogen) atoms. The van der Waals surface area contributed by atoms with Crippen LogP contribution in [0, 0.1) is 5.82 Å². The van der Waals surface area contributed by atoms with Crippen LogP contribution < -0.4 is 4.74 Å². The number of halogens is 1. The zero-order valence-corrected chi connectivity index (χ0v) is 9.48. The first-order valence-corrected chi connectivity index (χ1v) is 5.29. The average molecular weight is 228 g/mol. The van der Waals surface area contributed by atoms with Crippen LogP contribution in [0.15, 0.2) is 18.2 Å². The second kappa shape index (κ2) is 5.82. The Morgan fingerprint density at radius 1 is 1.31 bits per heavy atom. The van der Waals surface area contributed by atoms with E-state index in [9.17, 15) is 9.50 Å². The first-order valence-electron chi connectivity index (χ1n) is 5.29. The molecule has 3 nitrogen and oxygen atoms in total. The molecule has 1 aromatic rings. The molecule has 1 rings (SSSR count). The van der Waals surface area contributed by atoms with Crippen molar-refractivity contribution in [1.29, 1.82) is 0 Å². The molecule has 0 saturated carbocycles. The lowest BCUT2D eigenvalue weighted by atomic mass is 10.1. The molecule has 0 aliphatic rings. The molecule has 0 radical (unpaired) electrons. The highest BCUT2D eigenvalue weighted by molar-refractivity contribution is 5.29. The summed E-state index contributed by atoms with van der Waals surface area (Å²) < 4.78 is 18.6. The van der Waals surface area contributed by atoms with Crippen LogP contribution in [0.25, 0.3) is 0 Å². The van der Waals surface area contributed by atoms with Gasteiger partial charge < -0.3 is 14.9 Å². The van der Waals surface area contributed by atoms with Gasteiger partial charge in [0, 0.05) is 18.1 Å². The molecule has 0 spiro atoms. The minimum absolute atomic E-state index is 0.253. The number of benzene rings is 1. The fourth-order valence-electron chi connectivity index (χ4n) is 1.28. The fourth-order valence-corrected chi connectivity index (χ4v) is 1.28. The number of hydrogen-bond acceptors (Lipinski definition) is 3. The fraction of sp³-hybridized carbons (Fsp3) is 0.500. The molecule has 0 bridgehead atoms. The van der Waals surface area contributed by atoms with E-state index in [0.717, 1.165) is 0 Å². The van der Waals surface area contributed by atoms with Crippen molar-refractivity contribution in [2.24, 2.45) is 0 Å². The van der Waals surface area contributed by atoms with E-state index in [-0.39, 0.29) is 5.56 Å². The van der Waals surface area contributed by atoms with E-state index in [2.05, 4.69) is 0 Å². The number of aliphatic hydroxyl groups is 2. The van der Waals surface area contributed by atoms with Crippen molar-refractivity contribution >= 4 is 0 Å². The number of ether oxygens (including phenoxy) is 1. The maximum atomic E-state index is 13.4. The molecule has 0 aliphatic carbocycles. The molecule has 0 aliphatic heterocycles. The van der Waals surface area contributed by atoms with Crippen molar-refractivity contribution in [2.75, 3.05) is 6.61 Å². The summed E-state index contributed by atoms with van der Waals surface area (Å²) in [6, 6.07) is 4.34. The number of aliphatic hydroxyl groups excluding tert-OH is 2. The summed E-state index contributed by atoms with van der Waals surface area (Å²) >= 11 is 0. The van der Waals surface area contributed by atoms with Crippen LogP contribution >= 0.6 is 0 Å². The third kappa shape index (κ3) is 3.79. The van der Waals surface area contributed by atoms with Gasteiger partial charge in [0.25, 0.3) is 0 Å². The lowest BCUT2D eigenvalue weighted by Gasteiger charge is -2.10. The highest BCUT2D eigenvalue weighted by Crippen LogP contribution is 2.21. The average Bonchev–Trinajstić information content (AvgIpc) is 2.16. The van der Waals surface area contributed by atoms with Gasteiger partial charge in [-0.1, -0.05) is 0 Å². The largest absolute Gasteiger partial charge is 0.493 e. The van der Waals surface area contributed by atoms with Crippen LogP contribution in [-0.2, 0) is 0 Å². The Morgan fingerprint density at radius 3 is 2.50 bits per heavy atom. The van der Waals surface area contributed by atoms with E-state index < -0.39 is 18.0 Å². The summed E-state index contributed by atoms with van der Waals surface area (Å²) in [5.74, 6) is -0.0768. The molecule has 1 aromatic carbocycles. The first kappa shape index (κ1) is 12.9. The molecular formula is C12H17FO3. The summed E-state index contributed by atoms with van der Waals surface area (Å²) in [5, 5.41) is 18.2. The molecule has 1 unspecified atom stereocenters. The zero-order valence-electron chi connectivity index (χ0n) is 9.48. The molecule has 90 valence electrons. The molecule has 0 saturated heterocycles. The standard InChI is InChI=1S/C12H17FO3/c1-8(14)5-6-16-10-3-4-11(9(2)15)12(13)7-10/h3-4,7-9,14-15H,5-6H2,1-2H3/t8?,9-/m0/s1. The third-order valence-electron chi connectivity index (χ3n) is 2.23. The van der Waals surface area contributed by atoms with Gasteiger partial charge in [0.15, 0.2) is 0 Å². The summed E-state index contributed by atoms with van der Waals surface area (Å²) in [6.45, 7) is 3.51. The van der Waals surface area contributed by atoms with E-state index >= 15 is 0 Å². The summed E-state index contributed by atoms with van der Waals surface area (Å²) in [4.78, 5) is 0. The Bertz CT molecular complexity index is 337. The third-order valence-corrected chi connectivity index (χ3v) is 2.23. The SMILES string of the molecule is CC(O)CCOc1ccc([C@H](C)O)c(F)c1. The predicted octanol–water partition coefficient (Wildman–Crippen LogP) is 2.03. The normalized spacial score (nSPS) is 14.6. The van der Waals surface area contributed by atoms with Crippen LogP contribution in [0.2, 0.25) is 0 Å². The van der Waals surface area contributed by atoms with Gasteiger partial charge in [-0.2, -0.15) is 0 Å². The van der Waals surface area contributed by atoms with E-state index in [0.29, 0.717) is 18.8 Å². The van der Waals surface area contributed by atoms with Crippen molar-refractivity contribution in [3.63, 3.8) is 0 Å². The van der Waals surface area contributed by atoms with Gasteiger partial charge >= 0.3 is 0 Å². The van der Waals surface area contributed by atoms with Crippen molar-refractivity contribution in [2.45, 2.75) is 32.5 Å². The van der Waals surface area contributed by atoms with E-state index in [1.54, 1.807) is 13.0 Å². The van der Waals surface area contributed by atoms with Crippen LogP contribution in [0.3, 0.4) is 0 Å². The van der Waals surface area contributed by atoms with E-state index in [1.807, 2.05) is 0 Å². The van der Waals surface area contributed by atoms with Gasteiger partial charge in [0.05, 0.1) is 18.8 Å². The van der Waals surface area contributed by atoms with Crippen LogP contribution in [0.4, 0.5) is 4.39 Å². The van der Waals surface area contributed by atoms with Crippen molar-refractivity contribution in [3.8, 4) is 5.75 Å². The first-order chi connectivity index (χ1) is 7.50. The Hall–Kier alpha value is -1.13. The quantitative estimate of drug-likeness (QED) is 0.810. The highest BCUT2D eigenvalue weighted by atomic mass is 19.1. The molecule has 2 N–H and O–H groups in total. The summed E-state index contributed by atoms with van der Waals surface area (Å²) in [5.41, 5.74) is 0.253. The van der Waals surface area contributed by atoms with Gasteiger partial charge in [-0.25, -0.2) is 4.39 Å². The zero-order chi connectivity index (χ0) is 12.1. The van der Waals surface area contributed by atoms with Crippen molar-refractivity contribution in [1.82, 2.24) is 0 Å². The maximum Gasteiger partial charge on any atom is 0.132 e. The number of hydrogen-bond donors (Lipinski definition) is 2. The number of rotatable bonds is 5. The smallest absolute Gasteiger partial charge is 0.132 e. The Labute approximate surface area is 94.5 Å². The lowest BCUT2D eigenvalue weighted by molar-refractivity contribution is 0.155. The van der Waals surface area contributed by atoms with Gasteiger partial charge in [-0.15, -0.1) is 0 Å². The lowest BCUT2D eigenvalue weighted by Crippen LogP contribution is -2.07. The molecule has 2 atom stereocenters. The molecule has 0 fully saturated rings. The molecule has 4 heteroatoms. The van der Waals surface area contributed by atoms with Crippen LogP contribution in [-0.4, -0.2) is 22.9 Å². The van der Waals surface area contributed by atoms with Crippen molar-refractivity contribution < 1.29 is 19.3 Å². The summed E-state index contributed by atoms with van der Waals surface area (Å²) in [6.07, 6.45) is -0.757. The molecule has 0 aromatic heterocycles. The molecule has 0 heterocycles. The summed E-state index contributed by atoms with van der Waals surface area (Å²) in [7, 11) is 0. The highest BCUT2D eigenvalue weighted by Gasteiger charge is 2.09. The van der Waals surface area contributed by atoms with Gasteiger partial charge in [0.2, 0.25) is 0 Å². The monoisotopic (exact) mass is 228 g/mol. The minimum Gasteiger partial charge on any atom is -0.493 e. The van der Waals surface area contributed by atoms with E-state index in [1.165, 1.54) is 19.1 Å². The van der Waals surface area contributed by atoms with Crippen LogP contribution in [0.1, 0.15) is 31.9 Å². The predicted molar refractivity (Wildman–Crippen MR) is 58.8 cm³/mol. The van der Waals surface area contributed by atoms with Gasteiger partial charge in [-0.05, 0) is 26.0 Å². The maximum absolute atomic E-state index is 13.4. The second-order valence-electron chi connectivity index (χ2n) is 3.85. The Kier molecular flexibility index (Phi) is 4.71. The topological polar surface area (TPSA) is 49.7 Å². The van der Waals surface area contributed by atoms with Crippen molar-refractivity contribution in [3.05, 3.63) is 29.6 Å². The molecule has 0 amide bonds. The minimum atomic E-state index is -0.827. The van der Waals surface area contributed by atoms with Gasteiger partial charge in [0.1, 0.15) is 11.6 Å². The van der Waals surface area contributed by atoms with Crippen LogP contribution in [0.5, 0.6) is 5.75 Å². The Balaban J connectivity index is 2.59. The van der Waals surface area contributed by atoms with Gasteiger partial charge in [-0.3, -0.25) is 0 Å².